The number of aliphatic imine (C=N–C) groups is 1. The van der Waals surface area contributed by atoms with Crippen molar-refractivity contribution in [3.05, 3.63) is 68.0 Å². The highest BCUT2D eigenvalue weighted by atomic mass is 32.2. The van der Waals surface area contributed by atoms with Crippen LogP contribution in [0.3, 0.4) is 0 Å². The summed E-state index contributed by atoms with van der Waals surface area (Å²) in [5.41, 5.74) is 8.41. The van der Waals surface area contributed by atoms with Gasteiger partial charge in [0.2, 0.25) is 0 Å². The molecule has 3 aromatic rings. The molecule has 3 heterocycles. The van der Waals surface area contributed by atoms with Crippen LogP contribution in [-0.4, -0.2) is 22.6 Å². The summed E-state index contributed by atoms with van der Waals surface area (Å²) in [5.74, 6) is 0.717. The predicted octanol–water partition coefficient (Wildman–Crippen LogP) is 5.25. The number of hydroxylamine groups is 1. The topological polar surface area (TPSA) is 59.4 Å². The molecule has 5 nitrogen and oxygen atoms in total. The van der Waals surface area contributed by atoms with E-state index in [4.69, 9.17) is 9.83 Å². The van der Waals surface area contributed by atoms with Gasteiger partial charge in [0.15, 0.2) is 5.84 Å². The monoisotopic (exact) mass is 424 g/mol. The molecule has 4 rings (SSSR count). The molecular weight excluding hydrogens is 400 g/mol. The molecule has 7 heteroatoms. The van der Waals surface area contributed by atoms with Crippen molar-refractivity contribution in [1.82, 2.24) is 15.7 Å². The highest BCUT2D eigenvalue weighted by Crippen LogP contribution is 2.34. The van der Waals surface area contributed by atoms with E-state index >= 15 is 0 Å². The first kappa shape index (κ1) is 20.1. The molecule has 0 saturated heterocycles. The summed E-state index contributed by atoms with van der Waals surface area (Å²) >= 11 is 3.40. The van der Waals surface area contributed by atoms with Crippen LogP contribution in [0, 0.1) is 34.6 Å². The number of nitrogens with one attached hydrogen (secondary N) is 1. The quantitative estimate of drug-likeness (QED) is 0.619. The average molecular weight is 425 g/mol. The number of aromatic nitrogens is 2. The number of aryl methyl sites for hydroxylation is 4. The number of hydrogen-bond donors (Lipinski definition) is 1. The Labute approximate surface area is 179 Å². The first-order valence-electron chi connectivity index (χ1n) is 9.53. The van der Waals surface area contributed by atoms with Gasteiger partial charge in [-0.2, -0.15) is 5.10 Å². The van der Waals surface area contributed by atoms with E-state index in [1.54, 1.807) is 23.1 Å². The number of rotatable bonds is 4. The van der Waals surface area contributed by atoms with Gasteiger partial charge in [-0.1, -0.05) is 29.5 Å². The Hall–Kier alpha value is -2.22. The number of benzene rings is 1. The van der Waals surface area contributed by atoms with E-state index in [-0.39, 0.29) is 6.04 Å². The molecular formula is C22H24N4OS2. The summed E-state index contributed by atoms with van der Waals surface area (Å²) in [6.45, 7) is 10.9. The van der Waals surface area contributed by atoms with Gasteiger partial charge in [0.05, 0.1) is 11.3 Å². The van der Waals surface area contributed by atoms with Gasteiger partial charge in [0.1, 0.15) is 17.7 Å². The maximum Gasteiger partial charge on any atom is 0.156 e. The largest absolute Gasteiger partial charge is 0.272 e. The molecule has 0 amide bonds. The van der Waals surface area contributed by atoms with Crippen molar-refractivity contribution in [1.29, 1.82) is 0 Å². The minimum atomic E-state index is -0.0266. The number of nitrogens with zero attached hydrogens (tertiary/aromatic N) is 3. The van der Waals surface area contributed by atoms with Gasteiger partial charge in [0.25, 0.3) is 0 Å². The van der Waals surface area contributed by atoms with E-state index in [1.165, 1.54) is 20.9 Å². The van der Waals surface area contributed by atoms with E-state index in [1.807, 2.05) is 6.92 Å². The van der Waals surface area contributed by atoms with E-state index in [0.29, 0.717) is 6.61 Å². The number of thiophene rings is 1. The molecule has 0 bridgehead atoms. The van der Waals surface area contributed by atoms with E-state index in [2.05, 4.69) is 73.7 Å². The Morgan fingerprint density at radius 2 is 1.83 bits per heavy atom. The summed E-state index contributed by atoms with van der Waals surface area (Å²) in [5, 5.41) is 9.66. The highest BCUT2D eigenvalue weighted by molar-refractivity contribution is 7.99. The number of hydrogen-bond acceptors (Lipinski definition) is 7. The molecule has 1 aliphatic rings. The van der Waals surface area contributed by atoms with Crippen molar-refractivity contribution < 1.29 is 4.84 Å². The Morgan fingerprint density at radius 3 is 2.52 bits per heavy atom. The molecule has 150 valence electrons. The minimum Gasteiger partial charge on any atom is -0.272 e. The fraction of sp³-hybridized carbons (Fsp3) is 0.318. The molecule has 0 saturated carbocycles. The van der Waals surface area contributed by atoms with Crippen molar-refractivity contribution in [2.45, 2.75) is 50.6 Å². The van der Waals surface area contributed by atoms with Gasteiger partial charge in [-0.05, 0) is 63.9 Å². The first-order chi connectivity index (χ1) is 13.9. The third kappa shape index (κ3) is 4.22. The van der Waals surface area contributed by atoms with Crippen molar-refractivity contribution in [3.8, 4) is 0 Å². The Morgan fingerprint density at radius 1 is 1.07 bits per heavy atom. The first-order valence-corrected chi connectivity index (χ1v) is 11.2. The maximum atomic E-state index is 5.75. The van der Waals surface area contributed by atoms with Gasteiger partial charge in [0, 0.05) is 14.6 Å². The zero-order valence-corrected chi connectivity index (χ0v) is 18.9. The normalized spacial score (nSPS) is 16.4. The van der Waals surface area contributed by atoms with Crippen molar-refractivity contribution in [3.63, 3.8) is 0 Å². The van der Waals surface area contributed by atoms with Crippen LogP contribution >= 0.6 is 23.1 Å². The molecule has 29 heavy (non-hydrogen) atoms. The highest BCUT2D eigenvalue weighted by Gasteiger charge is 2.25. The SMILES string of the molecule is Cc1ccc(Sc2nnc(C)c(C)c2C2=N[C@H](c3cc(C)sc3C)CON2)cc1. The number of amidine groups is 1. The molecule has 0 aliphatic carbocycles. The van der Waals surface area contributed by atoms with Crippen LogP contribution in [0.1, 0.15) is 43.7 Å². The second kappa shape index (κ2) is 8.26. The molecule has 0 unspecified atom stereocenters. The van der Waals surface area contributed by atoms with E-state index in [0.717, 1.165) is 32.6 Å². The van der Waals surface area contributed by atoms with Crippen LogP contribution < -0.4 is 5.48 Å². The Bertz CT molecular complexity index is 1070. The zero-order valence-electron chi connectivity index (χ0n) is 17.2. The molecule has 0 fully saturated rings. The van der Waals surface area contributed by atoms with Crippen molar-refractivity contribution in [2.75, 3.05) is 6.61 Å². The molecule has 0 spiro atoms. The third-order valence-electron chi connectivity index (χ3n) is 5.03. The van der Waals surface area contributed by atoms with Gasteiger partial charge < -0.3 is 0 Å². The molecule has 1 N–H and O–H groups in total. The Kier molecular flexibility index (Phi) is 5.72. The lowest BCUT2D eigenvalue weighted by molar-refractivity contribution is 0.0620. The second-order valence-electron chi connectivity index (χ2n) is 7.28. The van der Waals surface area contributed by atoms with Crippen LogP contribution in [-0.2, 0) is 4.84 Å². The Balaban J connectivity index is 1.75. The minimum absolute atomic E-state index is 0.0266. The fourth-order valence-corrected chi connectivity index (χ4v) is 5.23. The van der Waals surface area contributed by atoms with Crippen LogP contribution in [0.4, 0.5) is 0 Å². The standard InChI is InChI=1S/C22H24N4OS2/c1-12-6-8-17(9-7-12)29-22-20(14(3)15(4)24-25-22)21-23-19(11-27-26-21)18-10-13(2)28-16(18)5/h6-10,19H,11H2,1-5H3,(H,23,26)/t19-/m0/s1. The second-order valence-corrected chi connectivity index (χ2v) is 9.80. The van der Waals surface area contributed by atoms with Gasteiger partial charge >= 0.3 is 0 Å². The summed E-state index contributed by atoms with van der Waals surface area (Å²) in [6.07, 6.45) is 0. The van der Waals surface area contributed by atoms with Crippen LogP contribution in [0.5, 0.6) is 0 Å². The van der Waals surface area contributed by atoms with Crippen LogP contribution in [0.2, 0.25) is 0 Å². The van der Waals surface area contributed by atoms with Crippen molar-refractivity contribution >= 4 is 28.9 Å². The smallest absolute Gasteiger partial charge is 0.156 e. The molecule has 1 atom stereocenters. The average Bonchev–Trinajstić information content (AvgIpc) is 3.05. The maximum absolute atomic E-state index is 5.75. The summed E-state index contributed by atoms with van der Waals surface area (Å²) in [6, 6.07) is 10.6. The lowest BCUT2D eigenvalue weighted by atomic mass is 10.1. The summed E-state index contributed by atoms with van der Waals surface area (Å²) < 4.78 is 0. The van der Waals surface area contributed by atoms with Crippen LogP contribution in [0.15, 0.2) is 45.2 Å². The molecule has 1 aliphatic heterocycles. The predicted molar refractivity (Wildman–Crippen MR) is 119 cm³/mol. The van der Waals surface area contributed by atoms with Gasteiger partial charge in [-0.15, -0.1) is 16.4 Å². The van der Waals surface area contributed by atoms with E-state index in [9.17, 15) is 0 Å². The van der Waals surface area contributed by atoms with Crippen LogP contribution in [0.25, 0.3) is 0 Å². The molecule has 0 radical (unpaired) electrons. The lowest BCUT2D eigenvalue weighted by Crippen LogP contribution is -2.34. The third-order valence-corrected chi connectivity index (χ3v) is 7.00. The van der Waals surface area contributed by atoms with Crippen molar-refractivity contribution in [2.24, 2.45) is 4.99 Å². The zero-order chi connectivity index (χ0) is 20.5. The fourth-order valence-electron chi connectivity index (χ4n) is 3.32. The summed E-state index contributed by atoms with van der Waals surface area (Å²) in [4.78, 5) is 14.5. The summed E-state index contributed by atoms with van der Waals surface area (Å²) in [7, 11) is 0. The van der Waals surface area contributed by atoms with Gasteiger partial charge in [-0.3, -0.25) is 9.83 Å². The molecule has 1 aromatic carbocycles. The molecule has 2 aromatic heterocycles. The van der Waals surface area contributed by atoms with Gasteiger partial charge in [-0.25, -0.2) is 5.48 Å². The lowest BCUT2D eigenvalue weighted by Gasteiger charge is -2.24. The van der Waals surface area contributed by atoms with E-state index < -0.39 is 0 Å².